The van der Waals surface area contributed by atoms with Crippen LogP contribution < -0.4 is 4.74 Å². The van der Waals surface area contributed by atoms with Crippen molar-refractivity contribution in [3.63, 3.8) is 0 Å². The molecule has 0 N–H and O–H groups in total. The molecular formula is C13H15FO3. The molecule has 0 saturated heterocycles. The number of carbonyl (C=O) groups is 1. The highest BCUT2D eigenvalue weighted by atomic mass is 19.1. The van der Waals surface area contributed by atoms with Crippen molar-refractivity contribution < 1.29 is 18.7 Å². The number of ether oxygens (including phenoxy) is 2. The molecule has 17 heavy (non-hydrogen) atoms. The summed E-state index contributed by atoms with van der Waals surface area (Å²) < 4.78 is 22.7. The van der Waals surface area contributed by atoms with Crippen LogP contribution in [0.3, 0.4) is 0 Å². The first kappa shape index (κ1) is 13.2. The van der Waals surface area contributed by atoms with E-state index in [1.807, 2.05) is 12.1 Å². The Labute approximate surface area is 99.9 Å². The normalized spacial score (nSPS) is 11.1. The van der Waals surface area contributed by atoms with E-state index in [9.17, 15) is 9.18 Å². The maximum Gasteiger partial charge on any atom is 0.366 e. The maximum atomic E-state index is 13.2. The SMILES string of the molecule is CCOC(=O)C(F)=CCc1ccc(OC)cc1. The Kier molecular flexibility index (Phi) is 5.20. The molecule has 0 atom stereocenters. The smallest absolute Gasteiger partial charge is 0.366 e. The number of allylic oxidation sites excluding steroid dienone is 1. The fourth-order valence-corrected chi connectivity index (χ4v) is 1.25. The number of benzene rings is 1. The number of hydrogen-bond acceptors (Lipinski definition) is 3. The minimum atomic E-state index is -0.916. The van der Waals surface area contributed by atoms with Crippen molar-refractivity contribution in [2.75, 3.05) is 13.7 Å². The molecule has 0 spiro atoms. The minimum absolute atomic E-state index is 0.169. The van der Waals surface area contributed by atoms with Gasteiger partial charge < -0.3 is 9.47 Å². The van der Waals surface area contributed by atoms with Gasteiger partial charge in [-0.05, 0) is 37.1 Å². The van der Waals surface area contributed by atoms with E-state index in [1.54, 1.807) is 26.2 Å². The molecule has 0 radical (unpaired) electrons. The van der Waals surface area contributed by atoms with E-state index in [-0.39, 0.29) is 6.61 Å². The average molecular weight is 238 g/mol. The Morgan fingerprint density at radius 1 is 1.35 bits per heavy atom. The number of methoxy groups -OCH3 is 1. The molecule has 0 saturated carbocycles. The van der Waals surface area contributed by atoms with Gasteiger partial charge in [-0.3, -0.25) is 0 Å². The van der Waals surface area contributed by atoms with Crippen molar-refractivity contribution in [3.05, 3.63) is 41.7 Å². The van der Waals surface area contributed by atoms with E-state index >= 15 is 0 Å². The summed E-state index contributed by atoms with van der Waals surface area (Å²) >= 11 is 0. The second kappa shape index (κ2) is 6.68. The zero-order valence-corrected chi connectivity index (χ0v) is 9.90. The lowest BCUT2D eigenvalue weighted by atomic mass is 10.1. The van der Waals surface area contributed by atoms with Crippen LogP contribution in [-0.4, -0.2) is 19.7 Å². The Morgan fingerprint density at radius 2 is 2.00 bits per heavy atom. The Balaban J connectivity index is 2.59. The van der Waals surface area contributed by atoms with Gasteiger partial charge in [0.05, 0.1) is 13.7 Å². The van der Waals surface area contributed by atoms with Gasteiger partial charge in [0.25, 0.3) is 0 Å². The molecule has 0 aliphatic heterocycles. The van der Waals surface area contributed by atoms with Crippen molar-refractivity contribution in [3.8, 4) is 5.75 Å². The van der Waals surface area contributed by atoms with Gasteiger partial charge in [-0.15, -0.1) is 0 Å². The molecule has 4 heteroatoms. The molecular weight excluding hydrogens is 223 g/mol. The van der Waals surface area contributed by atoms with E-state index in [0.29, 0.717) is 6.42 Å². The molecule has 1 aromatic rings. The summed E-state index contributed by atoms with van der Waals surface area (Å²) in [6, 6.07) is 7.19. The van der Waals surface area contributed by atoms with Crippen LogP contribution in [0.5, 0.6) is 5.75 Å². The highest BCUT2D eigenvalue weighted by Crippen LogP contribution is 2.13. The van der Waals surface area contributed by atoms with E-state index < -0.39 is 11.8 Å². The summed E-state index contributed by atoms with van der Waals surface area (Å²) in [5.41, 5.74) is 0.894. The molecule has 0 aliphatic carbocycles. The molecule has 3 nitrogen and oxygen atoms in total. The topological polar surface area (TPSA) is 35.5 Å². The minimum Gasteiger partial charge on any atom is -0.497 e. The van der Waals surface area contributed by atoms with Gasteiger partial charge in [-0.1, -0.05) is 12.1 Å². The quantitative estimate of drug-likeness (QED) is 0.584. The van der Waals surface area contributed by atoms with Crippen LogP contribution in [0.25, 0.3) is 0 Å². The second-order valence-corrected chi connectivity index (χ2v) is 3.32. The Morgan fingerprint density at radius 3 is 2.53 bits per heavy atom. The van der Waals surface area contributed by atoms with Crippen molar-refractivity contribution >= 4 is 5.97 Å². The van der Waals surface area contributed by atoms with Gasteiger partial charge in [-0.25, -0.2) is 4.79 Å². The third kappa shape index (κ3) is 4.26. The van der Waals surface area contributed by atoms with Gasteiger partial charge in [0.1, 0.15) is 5.75 Å². The maximum absolute atomic E-state index is 13.2. The van der Waals surface area contributed by atoms with E-state index in [1.165, 1.54) is 6.08 Å². The standard InChI is InChI=1S/C13H15FO3/c1-3-17-13(15)12(14)9-6-10-4-7-11(16-2)8-5-10/h4-5,7-9H,3,6H2,1-2H3. The van der Waals surface area contributed by atoms with Crippen LogP contribution in [0, 0.1) is 0 Å². The molecule has 0 unspecified atom stereocenters. The first-order chi connectivity index (χ1) is 8.17. The average Bonchev–Trinajstić information content (AvgIpc) is 2.36. The molecule has 92 valence electrons. The molecule has 0 aliphatic rings. The molecule has 1 aromatic carbocycles. The van der Waals surface area contributed by atoms with Gasteiger partial charge in [0, 0.05) is 0 Å². The van der Waals surface area contributed by atoms with Crippen LogP contribution in [-0.2, 0) is 16.0 Å². The largest absolute Gasteiger partial charge is 0.497 e. The van der Waals surface area contributed by atoms with Crippen molar-refractivity contribution in [2.45, 2.75) is 13.3 Å². The number of esters is 1. The summed E-state index contributed by atoms with van der Waals surface area (Å²) in [5.74, 6) is -1.03. The lowest BCUT2D eigenvalue weighted by Crippen LogP contribution is -2.04. The van der Waals surface area contributed by atoms with Crippen LogP contribution in [0.2, 0.25) is 0 Å². The third-order valence-corrected chi connectivity index (χ3v) is 2.15. The fourth-order valence-electron chi connectivity index (χ4n) is 1.25. The molecule has 1 rings (SSSR count). The fraction of sp³-hybridized carbons (Fsp3) is 0.308. The zero-order chi connectivity index (χ0) is 12.7. The number of rotatable bonds is 5. The van der Waals surface area contributed by atoms with Gasteiger partial charge >= 0.3 is 5.97 Å². The van der Waals surface area contributed by atoms with Crippen molar-refractivity contribution in [1.29, 1.82) is 0 Å². The third-order valence-electron chi connectivity index (χ3n) is 2.15. The van der Waals surface area contributed by atoms with Crippen LogP contribution in [0.4, 0.5) is 4.39 Å². The van der Waals surface area contributed by atoms with Crippen LogP contribution in [0.1, 0.15) is 12.5 Å². The molecule has 0 fully saturated rings. The number of halogens is 1. The second-order valence-electron chi connectivity index (χ2n) is 3.32. The predicted octanol–water partition coefficient (Wildman–Crippen LogP) is 2.65. The first-order valence-electron chi connectivity index (χ1n) is 5.33. The molecule has 0 bridgehead atoms. The van der Waals surface area contributed by atoms with Gasteiger partial charge in [-0.2, -0.15) is 4.39 Å². The molecule has 0 amide bonds. The summed E-state index contributed by atoms with van der Waals surface area (Å²) in [5, 5.41) is 0. The van der Waals surface area contributed by atoms with Gasteiger partial charge in [0.2, 0.25) is 5.83 Å². The highest BCUT2D eigenvalue weighted by Gasteiger charge is 2.08. The van der Waals surface area contributed by atoms with Crippen LogP contribution >= 0.6 is 0 Å². The lowest BCUT2D eigenvalue weighted by molar-refractivity contribution is -0.140. The number of hydrogen-bond donors (Lipinski definition) is 0. The first-order valence-corrected chi connectivity index (χ1v) is 5.33. The van der Waals surface area contributed by atoms with E-state index in [0.717, 1.165) is 11.3 Å². The van der Waals surface area contributed by atoms with E-state index in [4.69, 9.17) is 4.74 Å². The summed E-state index contributed by atoms with van der Waals surface area (Å²) in [6.07, 6.45) is 1.55. The number of carbonyl (C=O) groups excluding carboxylic acids is 1. The lowest BCUT2D eigenvalue weighted by Gasteiger charge is -2.01. The van der Waals surface area contributed by atoms with Gasteiger partial charge in [0.15, 0.2) is 0 Å². The summed E-state index contributed by atoms with van der Waals surface area (Å²) in [6.45, 7) is 1.80. The monoisotopic (exact) mass is 238 g/mol. The zero-order valence-electron chi connectivity index (χ0n) is 9.90. The molecule has 0 heterocycles. The van der Waals surface area contributed by atoms with Crippen molar-refractivity contribution in [2.24, 2.45) is 0 Å². The van der Waals surface area contributed by atoms with E-state index in [2.05, 4.69) is 4.74 Å². The summed E-state index contributed by atoms with van der Waals surface area (Å²) in [7, 11) is 1.58. The highest BCUT2D eigenvalue weighted by molar-refractivity contribution is 5.85. The Hall–Kier alpha value is -1.84. The molecule has 0 aromatic heterocycles. The predicted molar refractivity (Wildman–Crippen MR) is 62.5 cm³/mol. The van der Waals surface area contributed by atoms with Crippen molar-refractivity contribution in [1.82, 2.24) is 0 Å². The summed E-state index contributed by atoms with van der Waals surface area (Å²) in [4.78, 5) is 11.0. The Bertz CT molecular complexity index is 396. The van der Waals surface area contributed by atoms with Crippen LogP contribution in [0.15, 0.2) is 36.2 Å².